The topological polar surface area (TPSA) is 69.6 Å². The molecular formula is C16H11ClN2O3. The number of amides is 3. The molecule has 0 bridgehead atoms. The van der Waals surface area contributed by atoms with Crippen LogP contribution in [-0.2, 0) is 4.79 Å². The molecule has 1 heterocycles. The second-order valence-electron chi connectivity index (χ2n) is 4.70. The molecule has 5 nitrogen and oxygen atoms in total. The highest BCUT2D eigenvalue weighted by atomic mass is 35.5. The van der Waals surface area contributed by atoms with E-state index < -0.39 is 11.9 Å². The van der Waals surface area contributed by atoms with Crippen LogP contribution in [0, 0.1) is 0 Å². The molecule has 0 saturated carbocycles. The normalized spacial score (nSPS) is 16.2. The van der Waals surface area contributed by atoms with Crippen molar-refractivity contribution in [1.29, 1.82) is 0 Å². The molecule has 1 saturated heterocycles. The lowest BCUT2D eigenvalue weighted by atomic mass is 10.2. The summed E-state index contributed by atoms with van der Waals surface area (Å²) in [6.45, 7) is 0. The van der Waals surface area contributed by atoms with Gasteiger partial charge in [-0.15, -0.1) is 0 Å². The standard InChI is InChI=1S/C16H11ClN2O3/c17-11-3-5-12(6-4-11)19-15(21)14(18-16(19)22)9-10-1-7-13(20)8-2-10/h1-9,20H,(H,18,22). The van der Waals surface area contributed by atoms with Gasteiger partial charge in [-0.1, -0.05) is 23.7 Å². The number of benzene rings is 2. The summed E-state index contributed by atoms with van der Waals surface area (Å²) in [5.41, 5.74) is 1.31. The lowest BCUT2D eigenvalue weighted by Crippen LogP contribution is -2.30. The second kappa shape index (κ2) is 5.54. The van der Waals surface area contributed by atoms with Crippen molar-refractivity contribution in [3.05, 3.63) is 64.8 Å². The molecule has 0 aliphatic carbocycles. The quantitative estimate of drug-likeness (QED) is 0.661. The number of carbonyl (C=O) groups is 2. The zero-order chi connectivity index (χ0) is 15.7. The molecule has 1 aliphatic rings. The summed E-state index contributed by atoms with van der Waals surface area (Å²) >= 11 is 5.80. The largest absolute Gasteiger partial charge is 0.508 e. The molecule has 3 amide bonds. The van der Waals surface area contributed by atoms with Crippen molar-refractivity contribution in [3.8, 4) is 5.75 Å². The van der Waals surface area contributed by atoms with Gasteiger partial charge in [0.1, 0.15) is 11.4 Å². The summed E-state index contributed by atoms with van der Waals surface area (Å²) in [6, 6.07) is 12.2. The molecule has 6 heteroatoms. The smallest absolute Gasteiger partial charge is 0.333 e. The maximum atomic E-state index is 12.4. The van der Waals surface area contributed by atoms with Crippen LogP contribution in [0.4, 0.5) is 10.5 Å². The van der Waals surface area contributed by atoms with Crippen LogP contribution in [-0.4, -0.2) is 17.0 Å². The van der Waals surface area contributed by atoms with Gasteiger partial charge in [-0.05, 0) is 48.0 Å². The zero-order valence-corrected chi connectivity index (χ0v) is 12.0. The Labute approximate surface area is 131 Å². The van der Waals surface area contributed by atoms with Crippen molar-refractivity contribution < 1.29 is 14.7 Å². The number of phenols is 1. The summed E-state index contributed by atoms with van der Waals surface area (Å²) < 4.78 is 0. The van der Waals surface area contributed by atoms with Crippen molar-refractivity contribution in [3.63, 3.8) is 0 Å². The Hall–Kier alpha value is -2.79. The molecule has 2 aromatic carbocycles. The van der Waals surface area contributed by atoms with Crippen molar-refractivity contribution >= 4 is 35.3 Å². The number of aromatic hydroxyl groups is 1. The Bertz CT molecular complexity index is 767. The number of nitrogens with one attached hydrogen (secondary N) is 1. The highest BCUT2D eigenvalue weighted by molar-refractivity contribution is 6.31. The number of nitrogens with zero attached hydrogens (tertiary/aromatic N) is 1. The molecule has 2 aromatic rings. The van der Waals surface area contributed by atoms with Gasteiger partial charge < -0.3 is 10.4 Å². The van der Waals surface area contributed by atoms with Gasteiger partial charge in [0.2, 0.25) is 0 Å². The van der Waals surface area contributed by atoms with Crippen LogP contribution in [0.5, 0.6) is 5.75 Å². The zero-order valence-electron chi connectivity index (χ0n) is 11.3. The van der Waals surface area contributed by atoms with Gasteiger partial charge >= 0.3 is 6.03 Å². The summed E-state index contributed by atoms with van der Waals surface area (Å²) in [5.74, 6) is -0.313. The third kappa shape index (κ3) is 2.66. The van der Waals surface area contributed by atoms with E-state index in [9.17, 15) is 14.7 Å². The van der Waals surface area contributed by atoms with E-state index in [-0.39, 0.29) is 11.4 Å². The molecule has 0 atom stereocenters. The van der Waals surface area contributed by atoms with E-state index in [1.165, 1.54) is 12.1 Å². The number of hydrogen-bond donors (Lipinski definition) is 2. The lowest BCUT2D eigenvalue weighted by Gasteiger charge is -2.11. The second-order valence-corrected chi connectivity index (χ2v) is 5.13. The minimum Gasteiger partial charge on any atom is -0.508 e. The molecule has 0 radical (unpaired) electrons. The van der Waals surface area contributed by atoms with Gasteiger partial charge in [0, 0.05) is 5.02 Å². The Kier molecular flexibility index (Phi) is 3.56. The fraction of sp³-hybridized carbons (Fsp3) is 0. The number of anilines is 1. The first-order valence-corrected chi connectivity index (χ1v) is 6.84. The summed E-state index contributed by atoms with van der Waals surface area (Å²) in [6.07, 6.45) is 1.55. The van der Waals surface area contributed by atoms with E-state index in [0.29, 0.717) is 16.3 Å². The van der Waals surface area contributed by atoms with Crippen LogP contribution in [0.2, 0.25) is 5.02 Å². The van der Waals surface area contributed by atoms with Crippen molar-refractivity contribution in [2.75, 3.05) is 4.90 Å². The molecule has 0 unspecified atom stereocenters. The fourth-order valence-electron chi connectivity index (χ4n) is 2.10. The van der Waals surface area contributed by atoms with Crippen molar-refractivity contribution in [1.82, 2.24) is 5.32 Å². The average Bonchev–Trinajstić information content (AvgIpc) is 2.77. The lowest BCUT2D eigenvalue weighted by molar-refractivity contribution is -0.113. The van der Waals surface area contributed by atoms with Gasteiger partial charge in [-0.2, -0.15) is 0 Å². The fourth-order valence-corrected chi connectivity index (χ4v) is 2.22. The van der Waals surface area contributed by atoms with Crippen molar-refractivity contribution in [2.24, 2.45) is 0 Å². The molecule has 0 aromatic heterocycles. The first kappa shape index (κ1) is 14.2. The van der Waals surface area contributed by atoms with E-state index >= 15 is 0 Å². The molecule has 3 rings (SSSR count). The molecule has 1 fully saturated rings. The van der Waals surface area contributed by atoms with E-state index in [0.717, 1.165) is 4.90 Å². The van der Waals surface area contributed by atoms with Crippen molar-refractivity contribution in [2.45, 2.75) is 0 Å². The van der Waals surface area contributed by atoms with Gasteiger partial charge in [0.25, 0.3) is 5.91 Å². The van der Waals surface area contributed by atoms with Gasteiger partial charge in [0.05, 0.1) is 5.69 Å². The number of imide groups is 1. The van der Waals surface area contributed by atoms with Crippen LogP contribution >= 0.6 is 11.6 Å². The third-order valence-electron chi connectivity index (χ3n) is 3.17. The number of rotatable bonds is 2. The SMILES string of the molecule is O=C1NC(=Cc2ccc(O)cc2)C(=O)N1c1ccc(Cl)cc1. The number of phenolic OH excluding ortho intramolecular Hbond substituents is 1. The Morgan fingerprint density at radius 3 is 2.27 bits per heavy atom. The first-order chi connectivity index (χ1) is 10.5. The maximum Gasteiger partial charge on any atom is 0.333 e. The third-order valence-corrected chi connectivity index (χ3v) is 3.42. The molecular weight excluding hydrogens is 304 g/mol. The number of halogens is 1. The molecule has 1 aliphatic heterocycles. The van der Waals surface area contributed by atoms with E-state index in [1.807, 2.05) is 0 Å². The monoisotopic (exact) mass is 314 g/mol. The van der Waals surface area contributed by atoms with E-state index in [4.69, 9.17) is 11.6 Å². The van der Waals surface area contributed by atoms with Crippen LogP contribution in [0.15, 0.2) is 54.2 Å². The summed E-state index contributed by atoms with van der Waals surface area (Å²) in [5, 5.41) is 12.3. The molecule has 2 N–H and O–H groups in total. The van der Waals surface area contributed by atoms with Gasteiger partial charge in [-0.25, -0.2) is 9.69 Å². The predicted octanol–water partition coefficient (Wildman–Crippen LogP) is 3.14. The summed E-state index contributed by atoms with van der Waals surface area (Å²) in [7, 11) is 0. The van der Waals surface area contributed by atoms with Gasteiger partial charge in [0.15, 0.2) is 0 Å². The highest BCUT2D eigenvalue weighted by Crippen LogP contribution is 2.24. The molecule has 110 valence electrons. The average molecular weight is 315 g/mol. The van der Waals surface area contributed by atoms with Gasteiger partial charge in [-0.3, -0.25) is 4.79 Å². The van der Waals surface area contributed by atoms with E-state index in [2.05, 4.69) is 5.32 Å². The summed E-state index contributed by atoms with van der Waals surface area (Å²) in [4.78, 5) is 25.4. The first-order valence-electron chi connectivity index (χ1n) is 6.46. The Balaban J connectivity index is 1.91. The van der Waals surface area contributed by atoms with Crippen LogP contribution in [0.3, 0.4) is 0 Å². The minimum atomic E-state index is -0.516. The molecule has 0 spiro atoms. The number of carbonyl (C=O) groups excluding carboxylic acids is 2. The van der Waals surface area contributed by atoms with Crippen LogP contribution in [0.1, 0.15) is 5.56 Å². The predicted molar refractivity (Wildman–Crippen MR) is 83.6 cm³/mol. The Morgan fingerprint density at radius 2 is 1.64 bits per heavy atom. The maximum absolute atomic E-state index is 12.4. The Morgan fingerprint density at radius 1 is 1.00 bits per heavy atom. The number of hydrogen-bond acceptors (Lipinski definition) is 3. The van der Waals surface area contributed by atoms with E-state index in [1.54, 1.807) is 42.5 Å². The highest BCUT2D eigenvalue weighted by Gasteiger charge is 2.34. The van der Waals surface area contributed by atoms with Crippen LogP contribution < -0.4 is 10.2 Å². The van der Waals surface area contributed by atoms with Crippen LogP contribution in [0.25, 0.3) is 6.08 Å². The minimum absolute atomic E-state index is 0.131. The molecule has 22 heavy (non-hydrogen) atoms. The number of urea groups is 1.